The molecule has 0 aliphatic carbocycles. The predicted octanol–water partition coefficient (Wildman–Crippen LogP) is 3.64. The number of ether oxygens (including phenoxy) is 1. The van der Waals surface area contributed by atoms with Gasteiger partial charge in [0, 0.05) is 43.4 Å². The third-order valence-electron chi connectivity index (χ3n) is 6.45. The lowest BCUT2D eigenvalue weighted by molar-refractivity contribution is -0.137. The second-order valence-electron chi connectivity index (χ2n) is 8.68. The molecule has 0 radical (unpaired) electrons. The summed E-state index contributed by atoms with van der Waals surface area (Å²) in [5.41, 5.74) is 1.38. The van der Waals surface area contributed by atoms with E-state index in [0.717, 1.165) is 18.5 Å². The first kappa shape index (κ1) is 22.1. The number of amides is 2. The Kier molecular flexibility index (Phi) is 6.00. The summed E-state index contributed by atoms with van der Waals surface area (Å²) in [5, 5.41) is 8.29. The number of hydrogen-bond donors (Lipinski definition) is 0. The summed E-state index contributed by atoms with van der Waals surface area (Å²) in [5.74, 6) is 0.563. The van der Waals surface area contributed by atoms with Crippen LogP contribution >= 0.6 is 0 Å². The van der Waals surface area contributed by atoms with Gasteiger partial charge >= 0.3 is 0 Å². The van der Waals surface area contributed by atoms with Crippen LogP contribution in [-0.4, -0.2) is 53.7 Å². The van der Waals surface area contributed by atoms with E-state index in [1.165, 1.54) is 12.1 Å². The Balaban J connectivity index is 1.25. The van der Waals surface area contributed by atoms with Crippen LogP contribution in [0, 0.1) is 11.7 Å². The highest BCUT2D eigenvalue weighted by molar-refractivity contribution is 6.00. The van der Waals surface area contributed by atoms with Crippen molar-refractivity contribution in [2.24, 2.45) is 5.92 Å². The van der Waals surface area contributed by atoms with E-state index >= 15 is 0 Å². The molecule has 2 atom stereocenters. The monoisotopic (exact) mass is 464 g/mol. The molecule has 9 heteroatoms. The van der Waals surface area contributed by atoms with Crippen molar-refractivity contribution in [2.45, 2.75) is 25.2 Å². The molecule has 8 nitrogen and oxygen atoms in total. The maximum atomic E-state index is 13.3. The number of rotatable bonds is 5. The molecule has 2 unspecified atom stereocenters. The Morgan fingerprint density at radius 1 is 1.15 bits per heavy atom. The number of anilines is 1. The fourth-order valence-corrected chi connectivity index (χ4v) is 4.65. The first-order valence-corrected chi connectivity index (χ1v) is 11.3. The van der Waals surface area contributed by atoms with Crippen molar-refractivity contribution < 1.29 is 23.1 Å². The average Bonchev–Trinajstić information content (AvgIpc) is 3.51. The van der Waals surface area contributed by atoms with Gasteiger partial charge in [0.05, 0.1) is 18.9 Å². The smallest absolute Gasteiger partial charge is 0.247 e. The number of halogens is 1. The summed E-state index contributed by atoms with van der Waals surface area (Å²) in [6.45, 7) is 1.45. The lowest BCUT2D eigenvalue weighted by Gasteiger charge is -2.32. The minimum Gasteiger partial charge on any atom is -0.497 e. The molecule has 176 valence electrons. The number of aromatic nitrogens is 2. The zero-order chi connectivity index (χ0) is 23.7. The number of nitrogens with zero attached hydrogens (tertiary/aromatic N) is 4. The number of benzene rings is 2. The third-order valence-corrected chi connectivity index (χ3v) is 6.45. The number of carbonyl (C=O) groups is 2. The van der Waals surface area contributed by atoms with Crippen molar-refractivity contribution in [1.29, 1.82) is 0 Å². The molecule has 3 aromatic rings. The maximum Gasteiger partial charge on any atom is 0.247 e. The van der Waals surface area contributed by atoms with E-state index in [9.17, 15) is 14.0 Å². The largest absolute Gasteiger partial charge is 0.497 e. The van der Waals surface area contributed by atoms with Crippen molar-refractivity contribution in [1.82, 2.24) is 15.1 Å². The van der Waals surface area contributed by atoms with Crippen LogP contribution in [0.25, 0.3) is 11.5 Å². The van der Waals surface area contributed by atoms with Gasteiger partial charge in [-0.3, -0.25) is 9.59 Å². The summed E-state index contributed by atoms with van der Waals surface area (Å²) < 4.78 is 24.3. The van der Waals surface area contributed by atoms with Crippen LogP contribution in [0.5, 0.6) is 5.75 Å². The van der Waals surface area contributed by atoms with Gasteiger partial charge in [0.15, 0.2) is 0 Å². The molecule has 5 rings (SSSR count). The molecule has 2 amide bonds. The van der Waals surface area contributed by atoms with E-state index < -0.39 is 5.92 Å². The lowest BCUT2D eigenvalue weighted by Crippen LogP contribution is -2.43. The van der Waals surface area contributed by atoms with Gasteiger partial charge in [-0.2, -0.15) is 0 Å². The summed E-state index contributed by atoms with van der Waals surface area (Å²) in [6.07, 6.45) is 1.83. The fraction of sp³-hybridized carbons (Fsp3) is 0.360. The SMILES string of the molecule is COc1cccc(N2CC(C(=O)N3CCCC(c4nnc(-c5ccc(F)cc5)o4)C3)CC2=O)c1. The van der Waals surface area contributed by atoms with E-state index in [1.807, 2.05) is 23.1 Å². The molecule has 2 fully saturated rings. The van der Waals surface area contributed by atoms with Gasteiger partial charge in [-0.05, 0) is 49.2 Å². The number of likely N-dealkylation sites (tertiary alicyclic amines) is 1. The summed E-state index contributed by atoms with van der Waals surface area (Å²) in [7, 11) is 1.58. The van der Waals surface area contributed by atoms with E-state index in [1.54, 1.807) is 30.2 Å². The summed E-state index contributed by atoms with van der Waals surface area (Å²) in [4.78, 5) is 29.4. The Bertz CT molecular complexity index is 1200. The van der Waals surface area contributed by atoms with Crippen molar-refractivity contribution >= 4 is 17.5 Å². The summed E-state index contributed by atoms with van der Waals surface area (Å²) in [6, 6.07) is 13.2. The molecule has 0 N–H and O–H groups in total. The van der Waals surface area contributed by atoms with Gasteiger partial charge in [-0.15, -0.1) is 10.2 Å². The Hall–Kier alpha value is -3.75. The maximum absolute atomic E-state index is 13.3. The highest BCUT2D eigenvalue weighted by Gasteiger charge is 2.39. The molecule has 0 spiro atoms. The highest BCUT2D eigenvalue weighted by atomic mass is 19.1. The molecule has 34 heavy (non-hydrogen) atoms. The van der Waals surface area contributed by atoms with Gasteiger partial charge in [-0.1, -0.05) is 6.07 Å². The first-order valence-electron chi connectivity index (χ1n) is 11.3. The third kappa shape index (κ3) is 4.37. The second kappa shape index (κ2) is 9.24. The number of piperidine rings is 1. The van der Waals surface area contributed by atoms with E-state index in [-0.39, 0.29) is 30.0 Å². The van der Waals surface area contributed by atoms with Crippen LogP contribution in [-0.2, 0) is 9.59 Å². The van der Waals surface area contributed by atoms with Gasteiger partial charge in [0.2, 0.25) is 23.6 Å². The molecule has 2 aromatic carbocycles. The standard InChI is InChI=1S/C25H25FN4O4/c1-33-21-6-2-5-20(13-21)30-15-18(12-22(30)31)25(32)29-11-3-4-17(14-29)24-28-27-23(34-24)16-7-9-19(26)10-8-16/h2,5-10,13,17-18H,3-4,11-12,14-15H2,1H3. The zero-order valence-electron chi connectivity index (χ0n) is 18.8. The first-order chi connectivity index (χ1) is 16.5. The Labute approximate surface area is 196 Å². The minimum absolute atomic E-state index is 0.0262. The van der Waals surface area contributed by atoms with E-state index in [2.05, 4.69) is 10.2 Å². The molecule has 0 bridgehead atoms. The van der Waals surface area contributed by atoms with E-state index in [4.69, 9.17) is 9.15 Å². The normalized spacial score (nSPS) is 20.6. The second-order valence-corrected chi connectivity index (χ2v) is 8.68. The van der Waals surface area contributed by atoms with Crippen LogP contribution < -0.4 is 9.64 Å². The van der Waals surface area contributed by atoms with Crippen LogP contribution in [0.3, 0.4) is 0 Å². The average molecular weight is 464 g/mol. The molecular formula is C25H25FN4O4. The van der Waals surface area contributed by atoms with Gasteiger partial charge in [-0.25, -0.2) is 4.39 Å². The zero-order valence-corrected chi connectivity index (χ0v) is 18.8. The Morgan fingerprint density at radius 2 is 1.97 bits per heavy atom. The molecule has 2 saturated heterocycles. The molecule has 0 saturated carbocycles. The topological polar surface area (TPSA) is 88.8 Å². The van der Waals surface area contributed by atoms with Crippen molar-refractivity contribution in [3.8, 4) is 17.2 Å². The molecule has 3 heterocycles. The molecule has 1 aromatic heterocycles. The van der Waals surface area contributed by atoms with Crippen molar-refractivity contribution in [3.63, 3.8) is 0 Å². The number of hydrogen-bond acceptors (Lipinski definition) is 6. The molecular weight excluding hydrogens is 439 g/mol. The van der Waals surface area contributed by atoms with Gasteiger partial charge < -0.3 is 19.0 Å². The van der Waals surface area contributed by atoms with Crippen molar-refractivity contribution in [3.05, 3.63) is 60.2 Å². The quantitative estimate of drug-likeness (QED) is 0.573. The molecule has 2 aliphatic heterocycles. The highest BCUT2D eigenvalue weighted by Crippen LogP contribution is 2.32. The summed E-state index contributed by atoms with van der Waals surface area (Å²) >= 11 is 0. The minimum atomic E-state index is -0.394. The van der Waals surface area contributed by atoms with Crippen LogP contribution in [0.4, 0.5) is 10.1 Å². The van der Waals surface area contributed by atoms with Gasteiger partial charge in [0.25, 0.3) is 0 Å². The van der Waals surface area contributed by atoms with Crippen molar-refractivity contribution in [2.75, 3.05) is 31.6 Å². The van der Waals surface area contributed by atoms with Crippen LogP contribution in [0.1, 0.15) is 31.1 Å². The fourth-order valence-electron chi connectivity index (χ4n) is 4.65. The Morgan fingerprint density at radius 3 is 2.76 bits per heavy atom. The molecule has 2 aliphatic rings. The predicted molar refractivity (Wildman–Crippen MR) is 122 cm³/mol. The van der Waals surface area contributed by atoms with Crippen LogP contribution in [0.2, 0.25) is 0 Å². The number of carbonyl (C=O) groups excluding carboxylic acids is 2. The van der Waals surface area contributed by atoms with Crippen LogP contribution in [0.15, 0.2) is 52.9 Å². The van der Waals surface area contributed by atoms with E-state index in [0.29, 0.717) is 42.7 Å². The number of methoxy groups -OCH3 is 1. The lowest BCUT2D eigenvalue weighted by atomic mass is 9.96. The van der Waals surface area contributed by atoms with Gasteiger partial charge in [0.1, 0.15) is 11.6 Å².